The molecule has 0 amide bonds. The first-order chi connectivity index (χ1) is 13.2. The van der Waals surface area contributed by atoms with Crippen LogP contribution in [0.5, 0.6) is 0 Å². The van der Waals surface area contributed by atoms with Crippen molar-refractivity contribution in [2.45, 2.75) is 6.42 Å². The second-order valence-corrected chi connectivity index (χ2v) is 8.04. The summed E-state index contributed by atoms with van der Waals surface area (Å²) in [6.45, 7) is 0. The number of benzene rings is 2. The van der Waals surface area contributed by atoms with E-state index in [1.54, 1.807) is 36.4 Å². The Morgan fingerprint density at radius 3 is 1.79 bits per heavy atom. The van der Waals surface area contributed by atoms with Gasteiger partial charge in [-0.25, -0.2) is 0 Å². The quantitative estimate of drug-likeness (QED) is 0.373. The van der Waals surface area contributed by atoms with Gasteiger partial charge in [0.1, 0.15) is 0 Å². The highest BCUT2D eigenvalue weighted by Crippen LogP contribution is 2.44. The molecule has 144 valence electrons. The molecule has 0 radical (unpaired) electrons. The number of pyridine rings is 1. The van der Waals surface area contributed by atoms with Gasteiger partial charge in [0.15, 0.2) is 0 Å². The third kappa shape index (κ3) is 4.20. The lowest BCUT2D eigenvalue weighted by atomic mass is 9.98. The summed E-state index contributed by atoms with van der Waals surface area (Å²) in [4.78, 5) is 15.6. The van der Waals surface area contributed by atoms with E-state index < -0.39 is 5.97 Å². The molecule has 0 aliphatic heterocycles. The second kappa shape index (κ2) is 8.66. The van der Waals surface area contributed by atoms with Crippen molar-refractivity contribution >= 4 is 75.6 Å². The number of hydrogen-bond donors (Lipinski definition) is 1. The number of halogens is 6. The Balaban J connectivity index is 2.32. The van der Waals surface area contributed by atoms with Crippen LogP contribution in [0.15, 0.2) is 36.4 Å². The van der Waals surface area contributed by atoms with Gasteiger partial charge >= 0.3 is 5.97 Å². The van der Waals surface area contributed by atoms with Crippen molar-refractivity contribution in [3.8, 4) is 22.4 Å². The first-order valence-electron chi connectivity index (χ1n) is 7.70. The SMILES string of the molecule is O=C(O)Cc1ccc(-c2ccc(Cl)c(Cl)c2Cl)c(-c2ccc(Cl)c(Cl)c2Cl)n1. The third-order valence-corrected chi connectivity index (χ3v) is 6.49. The minimum Gasteiger partial charge on any atom is -0.481 e. The van der Waals surface area contributed by atoms with Crippen LogP contribution in [-0.2, 0) is 11.2 Å². The molecule has 1 N–H and O–H groups in total. The molecular weight excluding hydrogens is 487 g/mol. The summed E-state index contributed by atoms with van der Waals surface area (Å²) in [7, 11) is 0. The molecular formula is C19H9Cl6NO2. The van der Waals surface area contributed by atoms with Gasteiger partial charge in [0.2, 0.25) is 0 Å². The predicted molar refractivity (Wildman–Crippen MR) is 117 cm³/mol. The van der Waals surface area contributed by atoms with Crippen LogP contribution in [0.25, 0.3) is 22.4 Å². The van der Waals surface area contributed by atoms with Crippen LogP contribution >= 0.6 is 69.6 Å². The molecule has 9 heteroatoms. The number of aromatic nitrogens is 1. The molecule has 0 saturated carbocycles. The molecule has 3 aromatic rings. The maximum Gasteiger partial charge on any atom is 0.309 e. The molecule has 3 rings (SSSR count). The van der Waals surface area contributed by atoms with Gasteiger partial charge in [-0.1, -0.05) is 81.7 Å². The van der Waals surface area contributed by atoms with E-state index in [0.29, 0.717) is 33.1 Å². The van der Waals surface area contributed by atoms with Crippen LogP contribution < -0.4 is 0 Å². The highest BCUT2D eigenvalue weighted by molar-refractivity contribution is 6.50. The molecule has 0 saturated heterocycles. The molecule has 0 atom stereocenters. The molecule has 28 heavy (non-hydrogen) atoms. The largest absolute Gasteiger partial charge is 0.481 e. The zero-order valence-electron chi connectivity index (χ0n) is 13.7. The number of nitrogens with zero attached hydrogens (tertiary/aromatic N) is 1. The minimum atomic E-state index is -1.01. The van der Waals surface area contributed by atoms with E-state index in [0.717, 1.165) is 0 Å². The number of carboxylic acids is 1. The third-order valence-electron chi connectivity index (χ3n) is 3.90. The van der Waals surface area contributed by atoms with Crippen LogP contribution in [0, 0.1) is 0 Å². The van der Waals surface area contributed by atoms with E-state index in [1.165, 1.54) is 0 Å². The van der Waals surface area contributed by atoms with Crippen LogP contribution in [0.4, 0.5) is 0 Å². The molecule has 1 aromatic heterocycles. The molecule has 1 heterocycles. The fourth-order valence-corrected chi connectivity index (χ4v) is 3.88. The summed E-state index contributed by atoms with van der Waals surface area (Å²) in [5, 5.41) is 10.5. The number of carboxylic acid groups (broad SMARTS) is 1. The van der Waals surface area contributed by atoms with E-state index in [2.05, 4.69) is 4.98 Å². The average Bonchev–Trinajstić information content (AvgIpc) is 2.64. The normalized spacial score (nSPS) is 10.9. The van der Waals surface area contributed by atoms with Crippen LogP contribution in [0.3, 0.4) is 0 Å². The highest BCUT2D eigenvalue weighted by atomic mass is 35.5. The molecule has 0 aliphatic rings. The van der Waals surface area contributed by atoms with Crippen molar-refractivity contribution in [2.75, 3.05) is 0 Å². The Morgan fingerprint density at radius 2 is 1.21 bits per heavy atom. The number of carbonyl (C=O) groups is 1. The zero-order chi connectivity index (χ0) is 20.6. The van der Waals surface area contributed by atoms with Crippen LogP contribution in [0.2, 0.25) is 30.1 Å². The first-order valence-corrected chi connectivity index (χ1v) is 9.97. The highest BCUT2D eigenvalue weighted by Gasteiger charge is 2.20. The van der Waals surface area contributed by atoms with Gasteiger partial charge in [-0.15, -0.1) is 0 Å². The Hall–Kier alpha value is -1.20. The summed E-state index contributed by atoms with van der Waals surface area (Å²) in [6.07, 6.45) is -0.263. The molecule has 3 nitrogen and oxygen atoms in total. The minimum absolute atomic E-state index is 0.164. The Bertz CT molecular complexity index is 1100. The lowest BCUT2D eigenvalue weighted by molar-refractivity contribution is -0.136. The Labute approximate surface area is 190 Å². The molecule has 0 bridgehead atoms. The summed E-state index contributed by atoms with van der Waals surface area (Å²) in [6, 6.07) is 9.83. The first kappa shape index (κ1) is 21.5. The van der Waals surface area contributed by atoms with Gasteiger partial charge in [-0.2, -0.15) is 0 Å². The maximum atomic E-state index is 11.1. The fraction of sp³-hybridized carbons (Fsp3) is 0.0526. The van der Waals surface area contributed by atoms with Crippen molar-refractivity contribution in [3.63, 3.8) is 0 Å². The number of rotatable bonds is 4. The van der Waals surface area contributed by atoms with Crippen LogP contribution in [0.1, 0.15) is 5.69 Å². The Kier molecular flexibility index (Phi) is 6.65. The summed E-state index contributed by atoms with van der Waals surface area (Å²) >= 11 is 37.2. The summed E-state index contributed by atoms with van der Waals surface area (Å²) in [5.74, 6) is -1.01. The van der Waals surface area contributed by atoms with E-state index in [1.807, 2.05) is 0 Å². The van der Waals surface area contributed by atoms with Gasteiger partial charge in [-0.05, 0) is 24.3 Å². The lowest BCUT2D eigenvalue weighted by Gasteiger charge is -2.15. The fourth-order valence-electron chi connectivity index (χ4n) is 2.62. The van der Waals surface area contributed by atoms with E-state index in [4.69, 9.17) is 74.7 Å². The molecule has 2 aromatic carbocycles. The van der Waals surface area contributed by atoms with Gasteiger partial charge in [0, 0.05) is 16.7 Å². The molecule has 0 spiro atoms. The van der Waals surface area contributed by atoms with Gasteiger partial charge < -0.3 is 5.11 Å². The van der Waals surface area contributed by atoms with E-state index in [-0.39, 0.29) is 31.5 Å². The summed E-state index contributed by atoms with van der Waals surface area (Å²) in [5.41, 5.74) is 2.34. The smallest absolute Gasteiger partial charge is 0.309 e. The second-order valence-electron chi connectivity index (χ2n) is 5.72. The summed E-state index contributed by atoms with van der Waals surface area (Å²) < 4.78 is 0. The van der Waals surface area contributed by atoms with Gasteiger partial charge in [-0.3, -0.25) is 9.78 Å². The van der Waals surface area contributed by atoms with Crippen molar-refractivity contribution in [2.24, 2.45) is 0 Å². The molecule has 0 aliphatic carbocycles. The number of hydrogen-bond acceptors (Lipinski definition) is 2. The molecule has 0 unspecified atom stereocenters. The lowest BCUT2D eigenvalue weighted by Crippen LogP contribution is -2.04. The van der Waals surface area contributed by atoms with E-state index in [9.17, 15) is 4.79 Å². The van der Waals surface area contributed by atoms with Crippen molar-refractivity contribution < 1.29 is 9.90 Å². The topological polar surface area (TPSA) is 50.2 Å². The predicted octanol–water partition coefficient (Wildman–Crippen LogP) is 7.96. The Morgan fingerprint density at radius 1 is 0.714 bits per heavy atom. The van der Waals surface area contributed by atoms with Crippen molar-refractivity contribution in [1.29, 1.82) is 0 Å². The maximum absolute atomic E-state index is 11.1. The standard InChI is InChI=1S/C19H9Cl6NO2/c20-12-5-3-9(15(22)17(12)24)10-2-1-8(7-14(27)28)26-19(10)11-4-6-13(21)18(25)16(11)23/h1-6H,7H2,(H,27,28). The number of aliphatic carboxylic acids is 1. The van der Waals surface area contributed by atoms with Crippen molar-refractivity contribution in [3.05, 3.63) is 72.2 Å². The van der Waals surface area contributed by atoms with E-state index >= 15 is 0 Å². The van der Waals surface area contributed by atoms with Gasteiger partial charge in [0.05, 0.1) is 47.9 Å². The monoisotopic (exact) mass is 493 g/mol. The average molecular weight is 496 g/mol. The van der Waals surface area contributed by atoms with Crippen molar-refractivity contribution in [1.82, 2.24) is 4.98 Å². The van der Waals surface area contributed by atoms with Gasteiger partial charge in [0.25, 0.3) is 0 Å². The molecule has 0 fully saturated rings. The van der Waals surface area contributed by atoms with Crippen LogP contribution in [-0.4, -0.2) is 16.1 Å². The zero-order valence-corrected chi connectivity index (χ0v) is 18.3.